The number of nitrogens with zero attached hydrogens (tertiary/aromatic N) is 2. The highest BCUT2D eigenvalue weighted by Gasteiger charge is 2.08. The Hall–Kier alpha value is -2.69. The van der Waals surface area contributed by atoms with E-state index in [4.69, 9.17) is 14.2 Å². The SMILES string of the molecule is CN=C(NCc1cccc(OCC(=O)N(C)C)c1)NCC(C)Oc1cccc(OC)c1.I. The average Bonchev–Trinajstić information content (AvgIpc) is 2.77. The smallest absolute Gasteiger partial charge is 0.259 e. The molecule has 2 rings (SSSR count). The fourth-order valence-corrected chi connectivity index (χ4v) is 2.61. The Kier molecular flexibility index (Phi) is 12.3. The van der Waals surface area contributed by atoms with Crippen LogP contribution in [-0.2, 0) is 11.3 Å². The van der Waals surface area contributed by atoms with Crippen LogP contribution in [0.5, 0.6) is 17.2 Å². The summed E-state index contributed by atoms with van der Waals surface area (Å²) in [6.45, 7) is 3.13. The molecule has 0 saturated carbocycles. The number of nitrogens with one attached hydrogen (secondary N) is 2. The minimum atomic E-state index is -0.0848. The van der Waals surface area contributed by atoms with Crippen LogP contribution in [0.25, 0.3) is 0 Å². The topological polar surface area (TPSA) is 84.4 Å². The van der Waals surface area contributed by atoms with Gasteiger partial charge in [-0.05, 0) is 36.8 Å². The molecule has 0 heterocycles. The zero-order valence-electron chi connectivity index (χ0n) is 19.3. The van der Waals surface area contributed by atoms with Crippen LogP contribution in [-0.4, -0.2) is 64.3 Å². The lowest BCUT2D eigenvalue weighted by Crippen LogP contribution is -2.41. The van der Waals surface area contributed by atoms with E-state index in [1.807, 2.05) is 55.5 Å². The molecule has 0 spiro atoms. The average molecular weight is 556 g/mol. The maximum atomic E-state index is 11.7. The Morgan fingerprint density at radius 1 is 1.06 bits per heavy atom. The van der Waals surface area contributed by atoms with E-state index in [1.54, 1.807) is 28.3 Å². The Morgan fingerprint density at radius 2 is 1.75 bits per heavy atom. The molecule has 0 bridgehead atoms. The lowest BCUT2D eigenvalue weighted by molar-refractivity contribution is -0.130. The van der Waals surface area contributed by atoms with Crippen molar-refractivity contribution in [2.24, 2.45) is 4.99 Å². The highest BCUT2D eigenvalue weighted by Crippen LogP contribution is 2.19. The van der Waals surface area contributed by atoms with E-state index in [2.05, 4.69) is 15.6 Å². The Balaban J connectivity index is 0.00000512. The molecule has 9 heteroatoms. The molecule has 0 aliphatic carbocycles. The molecule has 0 saturated heterocycles. The summed E-state index contributed by atoms with van der Waals surface area (Å²) >= 11 is 0. The summed E-state index contributed by atoms with van der Waals surface area (Å²) < 4.78 is 16.7. The van der Waals surface area contributed by atoms with E-state index in [0.717, 1.165) is 17.1 Å². The summed E-state index contributed by atoms with van der Waals surface area (Å²) in [5.74, 6) is 2.74. The number of likely N-dealkylation sites (N-methyl/N-ethyl adjacent to an activating group) is 1. The molecule has 0 fully saturated rings. The van der Waals surface area contributed by atoms with E-state index in [0.29, 0.717) is 24.8 Å². The van der Waals surface area contributed by atoms with Crippen molar-refractivity contribution in [1.82, 2.24) is 15.5 Å². The van der Waals surface area contributed by atoms with E-state index in [1.165, 1.54) is 4.90 Å². The summed E-state index contributed by atoms with van der Waals surface area (Å²) in [6.07, 6.45) is -0.0726. The van der Waals surface area contributed by atoms with E-state index in [9.17, 15) is 4.79 Å². The molecule has 1 amide bonds. The van der Waals surface area contributed by atoms with Crippen molar-refractivity contribution in [3.63, 3.8) is 0 Å². The van der Waals surface area contributed by atoms with Gasteiger partial charge >= 0.3 is 0 Å². The molecule has 0 aromatic heterocycles. The Labute approximate surface area is 207 Å². The number of benzene rings is 2. The van der Waals surface area contributed by atoms with Gasteiger partial charge in [-0.2, -0.15) is 0 Å². The minimum Gasteiger partial charge on any atom is -0.497 e. The first-order valence-electron chi connectivity index (χ1n) is 10.1. The third kappa shape index (κ3) is 9.63. The maximum Gasteiger partial charge on any atom is 0.259 e. The predicted molar refractivity (Wildman–Crippen MR) is 137 cm³/mol. The number of carbonyl (C=O) groups is 1. The van der Waals surface area contributed by atoms with E-state index < -0.39 is 0 Å². The van der Waals surface area contributed by atoms with E-state index >= 15 is 0 Å². The summed E-state index contributed by atoms with van der Waals surface area (Å²) in [4.78, 5) is 17.4. The first-order valence-corrected chi connectivity index (χ1v) is 10.1. The molecule has 0 aliphatic heterocycles. The molecular weight excluding hydrogens is 523 g/mol. The zero-order valence-corrected chi connectivity index (χ0v) is 21.6. The molecule has 32 heavy (non-hydrogen) atoms. The van der Waals surface area contributed by atoms with Gasteiger partial charge in [0, 0.05) is 33.8 Å². The summed E-state index contributed by atoms with van der Waals surface area (Å²) in [6, 6.07) is 15.1. The van der Waals surface area contributed by atoms with Gasteiger partial charge in [-0.1, -0.05) is 18.2 Å². The number of aliphatic imine (C=N–C) groups is 1. The maximum absolute atomic E-state index is 11.7. The lowest BCUT2D eigenvalue weighted by atomic mass is 10.2. The second-order valence-corrected chi connectivity index (χ2v) is 7.14. The number of amides is 1. The van der Waals surface area contributed by atoms with Crippen LogP contribution in [0, 0.1) is 0 Å². The lowest BCUT2D eigenvalue weighted by Gasteiger charge is -2.18. The molecule has 176 valence electrons. The molecule has 2 aromatic rings. The van der Waals surface area contributed by atoms with Gasteiger partial charge < -0.3 is 29.7 Å². The monoisotopic (exact) mass is 556 g/mol. The van der Waals surface area contributed by atoms with Crippen LogP contribution < -0.4 is 24.8 Å². The van der Waals surface area contributed by atoms with Crippen molar-refractivity contribution >= 4 is 35.8 Å². The number of ether oxygens (including phenoxy) is 3. The molecule has 2 aromatic carbocycles. The first kappa shape index (κ1) is 27.3. The predicted octanol–water partition coefficient (Wildman–Crippen LogP) is 2.91. The van der Waals surface area contributed by atoms with Gasteiger partial charge in [0.15, 0.2) is 12.6 Å². The van der Waals surface area contributed by atoms with Crippen molar-refractivity contribution in [3.8, 4) is 17.2 Å². The molecule has 8 nitrogen and oxygen atoms in total. The standard InChI is InChI=1S/C23H32N4O4.HI/c1-17(31-21-11-7-9-19(13-21)29-5)14-25-23(24-2)26-15-18-8-6-10-20(12-18)30-16-22(28)27(3)4;/h6-13,17H,14-16H2,1-5H3,(H2,24,25,26);1H. The van der Waals surface area contributed by atoms with Crippen molar-refractivity contribution in [1.29, 1.82) is 0 Å². The molecule has 1 atom stereocenters. The highest BCUT2D eigenvalue weighted by molar-refractivity contribution is 14.0. The van der Waals surface area contributed by atoms with Gasteiger partial charge in [0.05, 0.1) is 13.7 Å². The number of hydrogen-bond donors (Lipinski definition) is 2. The van der Waals surface area contributed by atoms with Crippen molar-refractivity contribution < 1.29 is 19.0 Å². The normalized spacial score (nSPS) is 11.6. The van der Waals surface area contributed by atoms with Gasteiger partial charge in [-0.25, -0.2) is 0 Å². The fraction of sp³-hybridized carbons (Fsp3) is 0.391. The number of methoxy groups -OCH3 is 1. The summed E-state index contributed by atoms with van der Waals surface area (Å²) in [5, 5.41) is 6.52. The minimum absolute atomic E-state index is 0. The third-order valence-corrected chi connectivity index (χ3v) is 4.38. The third-order valence-electron chi connectivity index (χ3n) is 4.38. The number of hydrogen-bond acceptors (Lipinski definition) is 5. The van der Waals surface area contributed by atoms with Crippen LogP contribution in [0.4, 0.5) is 0 Å². The van der Waals surface area contributed by atoms with Crippen molar-refractivity contribution in [3.05, 3.63) is 54.1 Å². The number of halogens is 1. The van der Waals surface area contributed by atoms with Crippen LogP contribution in [0.3, 0.4) is 0 Å². The second kappa shape index (κ2) is 14.4. The Bertz CT molecular complexity index is 877. The van der Waals surface area contributed by atoms with Crippen LogP contribution in [0.1, 0.15) is 12.5 Å². The van der Waals surface area contributed by atoms with Gasteiger partial charge in [-0.3, -0.25) is 9.79 Å². The van der Waals surface area contributed by atoms with Crippen LogP contribution >= 0.6 is 24.0 Å². The second-order valence-electron chi connectivity index (χ2n) is 7.14. The Morgan fingerprint density at radius 3 is 2.44 bits per heavy atom. The summed E-state index contributed by atoms with van der Waals surface area (Å²) in [7, 11) is 6.75. The van der Waals surface area contributed by atoms with Crippen LogP contribution in [0.2, 0.25) is 0 Å². The van der Waals surface area contributed by atoms with Crippen LogP contribution in [0.15, 0.2) is 53.5 Å². The van der Waals surface area contributed by atoms with Gasteiger partial charge in [0.2, 0.25) is 0 Å². The van der Waals surface area contributed by atoms with Gasteiger partial charge in [0.1, 0.15) is 23.4 Å². The molecule has 2 N–H and O–H groups in total. The zero-order chi connectivity index (χ0) is 22.6. The molecule has 1 unspecified atom stereocenters. The van der Waals surface area contributed by atoms with E-state index in [-0.39, 0.29) is 42.6 Å². The van der Waals surface area contributed by atoms with Gasteiger partial charge in [-0.15, -0.1) is 24.0 Å². The molecule has 0 radical (unpaired) electrons. The largest absolute Gasteiger partial charge is 0.497 e. The fourth-order valence-electron chi connectivity index (χ4n) is 2.61. The number of guanidine groups is 1. The van der Waals surface area contributed by atoms with Crippen molar-refractivity contribution in [2.75, 3.05) is 41.4 Å². The number of carbonyl (C=O) groups excluding carboxylic acids is 1. The van der Waals surface area contributed by atoms with Crippen molar-refractivity contribution in [2.45, 2.75) is 19.6 Å². The quantitative estimate of drug-likeness (QED) is 0.266. The highest BCUT2D eigenvalue weighted by atomic mass is 127. The molecular formula is C23H33IN4O4. The summed E-state index contributed by atoms with van der Waals surface area (Å²) in [5.41, 5.74) is 1.01. The van der Waals surface area contributed by atoms with Gasteiger partial charge in [0.25, 0.3) is 5.91 Å². The molecule has 0 aliphatic rings. The first-order chi connectivity index (χ1) is 14.9. The number of rotatable bonds is 10.